The van der Waals surface area contributed by atoms with Gasteiger partial charge in [-0.05, 0) is 48.7 Å². The Balaban J connectivity index is 2.16. The van der Waals surface area contributed by atoms with Crippen LogP contribution in [-0.2, 0) is 6.42 Å². The van der Waals surface area contributed by atoms with Crippen LogP contribution in [0.3, 0.4) is 0 Å². The molecule has 1 aliphatic carbocycles. The predicted molar refractivity (Wildman–Crippen MR) is 49.1 cm³/mol. The minimum atomic E-state index is 0.792. The molecule has 2 rings (SSSR count). The molecule has 0 amide bonds. The Morgan fingerprint density at radius 1 is 1.55 bits per heavy atom. The smallest absolute Gasteiger partial charge is 0.00925 e. The Bertz CT molecular complexity index is 237. The largest absolute Gasteiger partial charge is 0.330 e. The Morgan fingerprint density at radius 3 is 3.00 bits per heavy atom. The minimum absolute atomic E-state index is 0.792. The Hall–Kier alpha value is -0.340. The second-order valence-corrected chi connectivity index (χ2v) is 4.11. The lowest BCUT2D eigenvalue weighted by atomic mass is 10.1. The van der Waals surface area contributed by atoms with Gasteiger partial charge in [0.15, 0.2) is 0 Å². The van der Waals surface area contributed by atoms with Gasteiger partial charge in [0.25, 0.3) is 0 Å². The fraction of sp³-hybridized carbons (Fsp3) is 0.556. The zero-order valence-corrected chi connectivity index (χ0v) is 7.36. The predicted octanol–water partition coefficient (Wildman–Crippen LogP) is 2.13. The van der Waals surface area contributed by atoms with E-state index >= 15 is 0 Å². The summed E-state index contributed by atoms with van der Waals surface area (Å²) in [5, 5.41) is 2.19. The lowest BCUT2D eigenvalue weighted by molar-refractivity contribution is 0.961. The van der Waals surface area contributed by atoms with Crippen LogP contribution in [0.15, 0.2) is 11.4 Å². The van der Waals surface area contributed by atoms with Crippen molar-refractivity contribution in [3.63, 3.8) is 0 Å². The highest BCUT2D eigenvalue weighted by atomic mass is 32.1. The number of thiophene rings is 1. The molecule has 0 atom stereocenters. The van der Waals surface area contributed by atoms with E-state index in [4.69, 9.17) is 5.73 Å². The number of hydrogen-bond acceptors (Lipinski definition) is 2. The third-order valence-electron chi connectivity index (χ3n) is 2.17. The average molecular weight is 167 g/mol. The van der Waals surface area contributed by atoms with E-state index in [0.29, 0.717) is 0 Å². The van der Waals surface area contributed by atoms with Crippen LogP contribution in [0.4, 0.5) is 0 Å². The van der Waals surface area contributed by atoms with E-state index in [1.54, 1.807) is 5.56 Å². The first-order valence-corrected chi connectivity index (χ1v) is 5.06. The molecular weight excluding hydrogens is 154 g/mol. The highest BCUT2D eigenvalue weighted by Crippen LogP contribution is 2.43. The second-order valence-electron chi connectivity index (χ2n) is 3.11. The van der Waals surface area contributed by atoms with Crippen molar-refractivity contribution in [1.82, 2.24) is 0 Å². The van der Waals surface area contributed by atoms with Gasteiger partial charge in [-0.3, -0.25) is 0 Å². The van der Waals surface area contributed by atoms with Crippen molar-refractivity contribution < 1.29 is 0 Å². The molecule has 1 fully saturated rings. The van der Waals surface area contributed by atoms with Crippen molar-refractivity contribution in [2.75, 3.05) is 6.54 Å². The Labute approximate surface area is 71.2 Å². The van der Waals surface area contributed by atoms with E-state index in [2.05, 4.69) is 11.4 Å². The maximum Gasteiger partial charge on any atom is 0.00925 e. The van der Waals surface area contributed by atoms with E-state index in [-0.39, 0.29) is 0 Å². The molecule has 1 heterocycles. The molecule has 1 saturated carbocycles. The van der Waals surface area contributed by atoms with Gasteiger partial charge in [0, 0.05) is 4.88 Å². The monoisotopic (exact) mass is 167 g/mol. The van der Waals surface area contributed by atoms with Gasteiger partial charge >= 0.3 is 0 Å². The maximum atomic E-state index is 5.52. The molecule has 0 spiro atoms. The SMILES string of the molecule is NCCc1sccc1C1CC1. The van der Waals surface area contributed by atoms with Gasteiger partial charge in [-0.2, -0.15) is 0 Å². The Morgan fingerprint density at radius 2 is 2.36 bits per heavy atom. The van der Waals surface area contributed by atoms with Crippen molar-refractivity contribution in [1.29, 1.82) is 0 Å². The summed E-state index contributed by atoms with van der Waals surface area (Å²) in [4.78, 5) is 1.52. The summed E-state index contributed by atoms with van der Waals surface area (Å²) in [6.07, 6.45) is 3.87. The summed E-state index contributed by atoms with van der Waals surface area (Å²) in [6, 6.07) is 2.27. The molecule has 0 unspecified atom stereocenters. The van der Waals surface area contributed by atoms with Crippen LogP contribution in [0.5, 0.6) is 0 Å². The van der Waals surface area contributed by atoms with Gasteiger partial charge in [-0.25, -0.2) is 0 Å². The fourth-order valence-electron chi connectivity index (χ4n) is 1.44. The molecule has 0 aromatic carbocycles. The highest BCUT2D eigenvalue weighted by Gasteiger charge is 2.25. The van der Waals surface area contributed by atoms with Gasteiger partial charge < -0.3 is 5.73 Å². The second kappa shape index (κ2) is 2.95. The summed E-state index contributed by atoms with van der Waals surface area (Å²) in [7, 11) is 0. The summed E-state index contributed by atoms with van der Waals surface area (Å²) in [6.45, 7) is 0.792. The highest BCUT2D eigenvalue weighted by molar-refractivity contribution is 7.10. The summed E-state index contributed by atoms with van der Waals surface area (Å²) in [5.74, 6) is 0.891. The summed E-state index contributed by atoms with van der Waals surface area (Å²) in [5.41, 5.74) is 7.10. The van der Waals surface area contributed by atoms with Crippen LogP contribution in [0.25, 0.3) is 0 Å². The molecule has 0 bridgehead atoms. The molecule has 1 aromatic heterocycles. The van der Waals surface area contributed by atoms with Crippen molar-refractivity contribution in [2.24, 2.45) is 5.73 Å². The summed E-state index contributed by atoms with van der Waals surface area (Å²) >= 11 is 1.86. The third-order valence-corrected chi connectivity index (χ3v) is 3.16. The average Bonchev–Trinajstić information content (AvgIpc) is 2.75. The first-order chi connectivity index (χ1) is 5.42. The molecule has 60 valence electrons. The van der Waals surface area contributed by atoms with Gasteiger partial charge in [0.05, 0.1) is 0 Å². The van der Waals surface area contributed by atoms with Crippen molar-refractivity contribution in [3.8, 4) is 0 Å². The van der Waals surface area contributed by atoms with Gasteiger partial charge in [-0.1, -0.05) is 0 Å². The van der Waals surface area contributed by atoms with Crippen LogP contribution < -0.4 is 5.73 Å². The topological polar surface area (TPSA) is 26.0 Å². The fourth-order valence-corrected chi connectivity index (χ4v) is 2.43. The van der Waals surface area contributed by atoms with Crippen LogP contribution in [0.1, 0.15) is 29.2 Å². The van der Waals surface area contributed by atoms with E-state index < -0.39 is 0 Å². The van der Waals surface area contributed by atoms with E-state index in [0.717, 1.165) is 18.9 Å². The number of rotatable bonds is 3. The molecular formula is C9H13NS. The van der Waals surface area contributed by atoms with Crippen molar-refractivity contribution in [3.05, 3.63) is 21.9 Å². The molecule has 1 nitrogen and oxygen atoms in total. The van der Waals surface area contributed by atoms with E-state index in [9.17, 15) is 0 Å². The van der Waals surface area contributed by atoms with Crippen LogP contribution in [0.2, 0.25) is 0 Å². The van der Waals surface area contributed by atoms with Crippen LogP contribution >= 0.6 is 11.3 Å². The third kappa shape index (κ3) is 1.47. The molecule has 2 heteroatoms. The molecule has 2 N–H and O–H groups in total. The lowest BCUT2D eigenvalue weighted by Gasteiger charge is -1.98. The quantitative estimate of drug-likeness (QED) is 0.733. The normalized spacial score (nSPS) is 17.2. The number of hydrogen-bond donors (Lipinski definition) is 1. The first-order valence-electron chi connectivity index (χ1n) is 4.18. The number of nitrogens with two attached hydrogens (primary N) is 1. The van der Waals surface area contributed by atoms with Crippen LogP contribution in [0, 0.1) is 0 Å². The molecule has 0 saturated heterocycles. The van der Waals surface area contributed by atoms with E-state index in [1.165, 1.54) is 17.7 Å². The van der Waals surface area contributed by atoms with Crippen LogP contribution in [-0.4, -0.2) is 6.54 Å². The van der Waals surface area contributed by atoms with Gasteiger partial charge in [-0.15, -0.1) is 11.3 Å². The molecule has 11 heavy (non-hydrogen) atoms. The van der Waals surface area contributed by atoms with Gasteiger partial charge in [0.1, 0.15) is 0 Å². The summed E-state index contributed by atoms with van der Waals surface area (Å²) < 4.78 is 0. The minimum Gasteiger partial charge on any atom is -0.330 e. The zero-order chi connectivity index (χ0) is 7.68. The lowest BCUT2D eigenvalue weighted by Crippen LogP contribution is -2.02. The maximum absolute atomic E-state index is 5.52. The molecule has 0 radical (unpaired) electrons. The standard InChI is InChI=1S/C9H13NS/c10-5-3-9-8(4-6-11-9)7-1-2-7/h4,6-7H,1-3,5,10H2. The molecule has 0 aliphatic heterocycles. The Kier molecular flexibility index (Phi) is 1.96. The van der Waals surface area contributed by atoms with Crippen molar-refractivity contribution >= 4 is 11.3 Å². The molecule has 1 aromatic rings. The van der Waals surface area contributed by atoms with E-state index in [1.807, 2.05) is 11.3 Å². The van der Waals surface area contributed by atoms with Gasteiger partial charge in [0.2, 0.25) is 0 Å². The zero-order valence-electron chi connectivity index (χ0n) is 6.55. The first kappa shape index (κ1) is 7.32. The van der Waals surface area contributed by atoms with Crippen molar-refractivity contribution in [2.45, 2.75) is 25.2 Å². The molecule has 1 aliphatic rings.